The molecule has 3 nitrogen and oxygen atoms in total. The van der Waals surface area contributed by atoms with Crippen molar-refractivity contribution in [1.29, 1.82) is 0 Å². The first-order valence-electron chi connectivity index (χ1n) is 21.3. The van der Waals surface area contributed by atoms with Crippen molar-refractivity contribution in [2.24, 2.45) is 5.92 Å². The van der Waals surface area contributed by atoms with Crippen LogP contribution in [-0.4, -0.2) is 14.5 Å². The number of pyridine rings is 2. The summed E-state index contributed by atoms with van der Waals surface area (Å²) in [4.78, 5) is 9.99. The van der Waals surface area contributed by atoms with Crippen molar-refractivity contribution in [1.82, 2.24) is 14.5 Å². The molecule has 5 aromatic carbocycles. The molecule has 0 spiro atoms. The second-order valence-electron chi connectivity index (χ2n) is 16.6. The molecule has 0 fully saturated rings. The first-order chi connectivity index (χ1) is 29.2. The fourth-order valence-corrected chi connectivity index (χ4v) is 10.5. The molecule has 0 aliphatic heterocycles. The third-order valence-corrected chi connectivity index (χ3v) is 13.3. The molecule has 4 aliphatic carbocycles. The van der Waals surface area contributed by atoms with Crippen molar-refractivity contribution in [3.8, 4) is 11.3 Å². The van der Waals surface area contributed by atoms with Gasteiger partial charge in [-0.1, -0.05) is 115 Å². The maximum absolute atomic E-state index is 5.43. The van der Waals surface area contributed by atoms with Crippen LogP contribution in [0, 0.1) is 5.92 Å². The van der Waals surface area contributed by atoms with E-state index in [1.54, 1.807) is 0 Å². The summed E-state index contributed by atoms with van der Waals surface area (Å²) in [6, 6.07) is 47.9. The molecule has 0 radical (unpaired) electrons. The lowest BCUT2D eigenvalue weighted by Gasteiger charge is -2.33. The number of fused-ring (bicyclic) bond motifs is 7. The van der Waals surface area contributed by atoms with E-state index in [-0.39, 0.29) is 5.92 Å². The van der Waals surface area contributed by atoms with Crippen LogP contribution in [0.3, 0.4) is 0 Å². The Morgan fingerprint density at radius 1 is 0.644 bits per heavy atom. The molecule has 3 heterocycles. The van der Waals surface area contributed by atoms with Gasteiger partial charge in [0.2, 0.25) is 0 Å². The zero-order valence-corrected chi connectivity index (χ0v) is 33.0. The Hall–Kier alpha value is -6.84. The van der Waals surface area contributed by atoms with Crippen LogP contribution in [0.4, 0.5) is 0 Å². The van der Waals surface area contributed by atoms with Crippen molar-refractivity contribution in [3.63, 3.8) is 0 Å². The minimum absolute atomic E-state index is 0.205. The van der Waals surface area contributed by atoms with Gasteiger partial charge in [0.05, 0.1) is 22.9 Å². The lowest BCUT2D eigenvalue weighted by molar-refractivity contribution is 0.542. The van der Waals surface area contributed by atoms with Gasteiger partial charge in [0.1, 0.15) is 0 Å². The monoisotopic (exact) mass is 757 g/mol. The second-order valence-corrected chi connectivity index (χ2v) is 16.6. The van der Waals surface area contributed by atoms with Crippen molar-refractivity contribution >= 4 is 55.4 Å². The van der Waals surface area contributed by atoms with E-state index >= 15 is 0 Å². The minimum atomic E-state index is 0.205. The van der Waals surface area contributed by atoms with Crippen LogP contribution in [-0.2, 0) is 6.42 Å². The Morgan fingerprint density at radius 3 is 2.42 bits per heavy atom. The van der Waals surface area contributed by atoms with Crippen molar-refractivity contribution < 1.29 is 0 Å². The number of hydrogen-bond acceptors (Lipinski definition) is 2. The molecule has 3 aromatic heterocycles. The molecule has 2 atom stereocenters. The van der Waals surface area contributed by atoms with E-state index in [0.29, 0.717) is 6.04 Å². The predicted octanol–water partition coefficient (Wildman–Crippen LogP) is 12.1. The lowest BCUT2D eigenvalue weighted by atomic mass is 9.71. The number of allylic oxidation sites excluding steroid dienone is 7. The van der Waals surface area contributed by atoms with Crippen LogP contribution in [0.25, 0.3) is 66.6 Å². The molecule has 8 aromatic rings. The molecule has 4 aliphatic rings. The first kappa shape index (κ1) is 34.2. The molecule has 0 saturated carbocycles. The van der Waals surface area contributed by atoms with E-state index in [2.05, 4.69) is 173 Å². The SMILES string of the molecule is C1=CC(n2c3ccncc3c3cc(-c4cccc(C5=CCC6C(=C5)C(c5ccc7ccccc7c5)=c5ccccc5=C6c5ccc6c(c5)C=CCC6)n4)ccc32)CCC1. The summed E-state index contributed by atoms with van der Waals surface area (Å²) in [6.07, 6.45) is 24.9. The van der Waals surface area contributed by atoms with Gasteiger partial charge in [0.15, 0.2) is 0 Å². The molecule has 0 amide bonds. The first-order valence-corrected chi connectivity index (χ1v) is 21.3. The highest BCUT2D eigenvalue weighted by molar-refractivity contribution is 6.09. The Bertz CT molecular complexity index is 3300. The van der Waals surface area contributed by atoms with E-state index in [1.165, 1.54) is 94.0 Å². The number of nitrogens with zero attached hydrogens (tertiary/aromatic N) is 3. The number of aromatic nitrogens is 3. The molecular weight excluding hydrogens is 715 g/mol. The predicted molar refractivity (Wildman–Crippen MR) is 245 cm³/mol. The molecule has 12 rings (SSSR count). The zero-order valence-electron chi connectivity index (χ0n) is 33.0. The van der Waals surface area contributed by atoms with Gasteiger partial charge in [-0.25, -0.2) is 4.98 Å². The maximum atomic E-state index is 5.43. The third kappa shape index (κ3) is 5.71. The van der Waals surface area contributed by atoms with Gasteiger partial charge >= 0.3 is 0 Å². The van der Waals surface area contributed by atoms with Gasteiger partial charge in [-0.05, 0) is 153 Å². The molecule has 282 valence electrons. The largest absolute Gasteiger partial charge is 0.333 e. The highest BCUT2D eigenvalue weighted by Crippen LogP contribution is 2.44. The van der Waals surface area contributed by atoms with Crippen LogP contribution in [0.2, 0.25) is 0 Å². The van der Waals surface area contributed by atoms with Crippen molar-refractivity contribution in [2.45, 2.75) is 44.6 Å². The molecule has 0 saturated heterocycles. The minimum Gasteiger partial charge on any atom is -0.333 e. The number of hydrogen-bond donors (Lipinski definition) is 0. The summed E-state index contributed by atoms with van der Waals surface area (Å²) in [6.45, 7) is 0. The second kappa shape index (κ2) is 13.9. The highest BCUT2D eigenvalue weighted by Gasteiger charge is 2.31. The maximum Gasteiger partial charge on any atom is 0.0709 e. The van der Waals surface area contributed by atoms with Gasteiger partial charge < -0.3 is 4.57 Å². The molecule has 0 bridgehead atoms. The Morgan fingerprint density at radius 2 is 1.49 bits per heavy atom. The van der Waals surface area contributed by atoms with E-state index in [4.69, 9.17) is 4.98 Å². The van der Waals surface area contributed by atoms with Crippen LogP contribution in [0.15, 0.2) is 176 Å². The summed E-state index contributed by atoms with van der Waals surface area (Å²) >= 11 is 0. The van der Waals surface area contributed by atoms with Gasteiger partial charge in [-0.2, -0.15) is 0 Å². The average Bonchev–Trinajstić information content (AvgIpc) is 3.64. The smallest absolute Gasteiger partial charge is 0.0709 e. The summed E-state index contributed by atoms with van der Waals surface area (Å²) in [7, 11) is 0. The van der Waals surface area contributed by atoms with E-state index in [1.807, 2.05) is 12.4 Å². The van der Waals surface area contributed by atoms with E-state index in [0.717, 1.165) is 49.1 Å². The Balaban J connectivity index is 1.01. The van der Waals surface area contributed by atoms with Crippen LogP contribution in [0.1, 0.15) is 66.1 Å². The fourth-order valence-electron chi connectivity index (χ4n) is 10.5. The third-order valence-electron chi connectivity index (χ3n) is 13.3. The summed E-state index contributed by atoms with van der Waals surface area (Å²) in [5.74, 6) is 0.205. The van der Waals surface area contributed by atoms with Crippen LogP contribution >= 0.6 is 0 Å². The zero-order chi connectivity index (χ0) is 38.9. The molecule has 3 heteroatoms. The number of rotatable bonds is 5. The standard InChI is InChI=1S/C56H43N3/c1-2-15-44(16-3-1)59-53-28-26-41(33-48(53)50-35-57-30-29-54(50)59)52-20-10-19-51(58-52)40-25-27-47-49(34-40)56(43-24-22-37-12-5-7-14-39(37)32-43)46-18-9-8-17-45(46)55(47)42-23-21-36-11-4-6-13-38(36)31-42/h2,5-10,12-15,17-26,28-35,44,47H,1,3-4,11,16,27H2. The molecule has 59 heavy (non-hydrogen) atoms. The van der Waals surface area contributed by atoms with Gasteiger partial charge in [0, 0.05) is 40.2 Å². The average molecular weight is 758 g/mol. The normalized spacial score (nSPS) is 18.4. The summed E-state index contributed by atoms with van der Waals surface area (Å²) < 4.78 is 2.52. The fraction of sp³-hybridized carbons (Fsp3) is 0.143. The molecule has 2 unspecified atom stereocenters. The van der Waals surface area contributed by atoms with E-state index in [9.17, 15) is 0 Å². The molecular formula is C56H43N3. The van der Waals surface area contributed by atoms with Gasteiger partial charge in [-0.15, -0.1) is 0 Å². The lowest BCUT2D eigenvalue weighted by Crippen LogP contribution is -2.38. The molecule has 0 N–H and O–H groups in total. The Kier molecular flexibility index (Phi) is 8.07. The van der Waals surface area contributed by atoms with Crippen LogP contribution < -0.4 is 10.4 Å². The van der Waals surface area contributed by atoms with Crippen molar-refractivity contribution in [3.05, 3.63) is 214 Å². The number of benzene rings is 5. The van der Waals surface area contributed by atoms with Gasteiger partial charge in [0.25, 0.3) is 0 Å². The Labute approximate surface area is 344 Å². The van der Waals surface area contributed by atoms with Crippen molar-refractivity contribution in [2.75, 3.05) is 0 Å². The highest BCUT2D eigenvalue weighted by atomic mass is 15.0. The van der Waals surface area contributed by atoms with Crippen LogP contribution in [0.5, 0.6) is 0 Å². The summed E-state index contributed by atoms with van der Waals surface area (Å²) in [5.41, 5.74) is 16.3. The summed E-state index contributed by atoms with van der Waals surface area (Å²) in [5, 5.41) is 7.57. The van der Waals surface area contributed by atoms with Gasteiger partial charge in [-0.3, -0.25) is 4.98 Å². The number of aryl methyl sites for hydroxylation is 1. The topological polar surface area (TPSA) is 30.7 Å². The van der Waals surface area contributed by atoms with E-state index < -0.39 is 0 Å². The quantitative estimate of drug-likeness (QED) is 0.164.